The van der Waals surface area contributed by atoms with Gasteiger partial charge in [0, 0.05) is 11.1 Å². The molecule has 1 aromatic carbocycles. The number of Topliss-reactive ketones (excluding diaryl/α,β-unsaturated/α-hetero) is 1. The van der Waals surface area contributed by atoms with Gasteiger partial charge in [-0.2, -0.15) is 0 Å². The molecule has 23 heavy (non-hydrogen) atoms. The second-order valence-corrected chi connectivity index (χ2v) is 5.48. The van der Waals surface area contributed by atoms with Crippen molar-refractivity contribution in [2.75, 3.05) is 19.5 Å². The fourth-order valence-corrected chi connectivity index (χ4v) is 2.04. The number of carbonyl (C=O) groups is 2. The highest BCUT2D eigenvalue weighted by Crippen LogP contribution is 2.24. The predicted octanol–water partition coefficient (Wildman–Crippen LogP) is 2.34. The Hall–Kier alpha value is -2.15. The van der Waals surface area contributed by atoms with Crippen LogP contribution in [0.5, 0.6) is 0 Å². The lowest BCUT2D eigenvalue weighted by atomic mass is 9.93. The normalized spacial score (nSPS) is 13.6. The van der Waals surface area contributed by atoms with Gasteiger partial charge in [0.2, 0.25) is 0 Å². The van der Waals surface area contributed by atoms with Gasteiger partial charge < -0.3 is 15.9 Å². The summed E-state index contributed by atoms with van der Waals surface area (Å²) >= 11 is 6.00. The van der Waals surface area contributed by atoms with Crippen molar-refractivity contribution in [3.8, 4) is 0 Å². The Labute approximate surface area is 138 Å². The molecule has 1 aromatic rings. The first-order valence-electron chi connectivity index (χ1n) is 6.86. The van der Waals surface area contributed by atoms with Crippen molar-refractivity contribution in [3.63, 3.8) is 0 Å². The first-order chi connectivity index (χ1) is 10.8. The zero-order valence-corrected chi connectivity index (χ0v) is 13.9. The molecule has 0 aliphatic carbocycles. The average molecular weight is 344 g/mol. The van der Waals surface area contributed by atoms with E-state index in [1.54, 1.807) is 6.92 Å². The van der Waals surface area contributed by atoms with E-state index in [-0.39, 0.29) is 22.7 Å². The van der Waals surface area contributed by atoms with Gasteiger partial charge in [-0.1, -0.05) is 23.7 Å². The Morgan fingerprint density at radius 2 is 2.17 bits per heavy atom. The number of benzene rings is 1. The van der Waals surface area contributed by atoms with Crippen LogP contribution in [0.15, 0.2) is 17.3 Å². The maximum atomic E-state index is 12.7. The molecule has 126 valence electrons. The number of halogens is 2. The van der Waals surface area contributed by atoms with Crippen molar-refractivity contribution in [1.29, 1.82) is 0 Å². The van der Waals surface area contributed by atoms with Crippen LogP contribution in [0.25, 0.3) is 0 Å². The maximum absolute atomic E-state index is 12.7. The molecule has 3 N–H and O–H groups in total. The molecule has 6 nitrogen and oxygen atoms in total. The van der Waals surface area contributed by atoms with E-state index in [1.165, 1.54) is 32.4 Å². The zero-order chi connectivity index (χ0) is 17.6. The predicted molar refractivity (Wildman–Crippen MR) is 87.6 cm³/mol. The molecule has 0 saturated heterocycles. The van der Waals surface area contributed by atoms with Crippen LogP contribution in [0.4, 0.5) is 10.1 Å². The minimum atomic E-state index is -1.29. The van der Waals surface area contributed by atoms with Crippen LogP contribution in [0.2, 0.25) is 5.02 Å². The van der Waals surface area contributed by atoms with E-state index >= 15 is 0 Å². The van der Waals surface area contributed by atoms with E-state index in [0.717, 1.165) is 0 Å². The molecule has 0 heterocycles. The van der Waals surface area contributed by atoms with E-state index < -0.39 is 23.9 Å². The maximum Gasteiger partial charge on any atom is 0.252 e. The van der Waals surface area contributed by atoms with Crippen molar-refractivity contribution >= 4 is 35.2 Å². The standard InChI is InChI=1S/C15H19ClFN3O3/c1-4-15(2,12(21)7-17)20-14(22)9-5-10(8-19-23-3)13(18)11(16)6-9/h5-6,8H,4,7,18H2,1-3H3,(H,20,22). The van der Waals surface area contributed by atoms with E-state index in [0.29, 0.717) is 5.56 Å². The van der Waals surface area contributed by atoms with E-state index in [1.807, 2.05) is 0 Å². The fraction of sp³-hybridized carbons (Fsp3) is 0.400. The molecule has 1 rings (SSSR count). The monoisotopic (exact) mass is 343 g/mol. The molecule has 0 fully saturated rings. The van der Waals surface area contributed by atoms with E-state index in [9.17, 15) is 14.0 Å². The number of ketones is 1. The van der Waals surface area contributed by atoms with Gasteiger partial charge in [0.05, 0.1) is 22.5 Å². The van der Waals surface area contributed by atoms with E-state index in [4.69, 9.17) is 17.3 Å². The third-order valence-electron chi connectivity index (χ3n) is 3.55. The number of anilines is 1. The summed E-state index contributed by atoms with van der Waals surface area (Å²) in [6.07, 6.45) is 1.56. The van der Waals surface area contributed by atoms with Gasteiger partial charge in [-0.05, 0) is 25.5 Å². The summed E-state index contributed by atoms with van der Waals surface area (Å²) in [5, 5.41) is 6.27. The second kappa shape index (κ2) is 7.92. The molecule has 0 aliphatic heterocycles. The minimum absolute atomic E-state index is 0.158. The van der Waals surface area contributed by atoms with Crippen molar-refractivity contribution in [2.45, 2.75) is 25.8 Å². The summed E-state index contributed by atoms with van der Waals surface area (Å²) in [4.78, 5) is 28.6. The Bertz CT molecular complexity index is 637. The SMILES string of the molecule is CCC(C)(NC(=O)c1cc(Cl)c(N)c(C=NOC)c1)C(=O)CF. The number of nitrogens with two attached hydrogens (primary N) is 1. The van der Waals surface area contributed by atoms with Crippen LogP contribution < -0.4 is 11.1 Å². The molecule has 0 saturated carbocycles. The molecule has 1 amide bonds. The summed E-state index contributed by atoms with van der Waals surface area (Å²) in [5.41, 5.74) is 5.31. The molecule has 0 aromatic heterocycles. The lowest BCUT2D eigenvalue weighted by molar-refractivity contribution is -0.125. The number of rotatable bonds is 7. The van der Waals surface area contributed by atoms with Gasteiger partial charge in [0.1, 0.15) is 7.11 Å². The molecule has 1 unspecified atom stereocenters. The summed E-state index contributed by atoms with van der Waals surface area (Å²) < 4.78 is 12.7. The summed E-state index contributed by atoms with van der Waals surface area (Å²) in [5.74, 6) is -1.26. The lowest BCUT2D eigenvalue weighted by Gasteiger charge is -2.27. The molecule has 8 heteroatoms. The number of nitrogens with one attached hydrogen (secondary N) is 1. The van der Waals surface area contributed by atoms with Gasteiger partial charge in [-0.25, -0.2) is 4.39 Å². The minimum Gasteiger partial charge on any atom is -0.399 e. The number of hydrogen-bond donors (Lipinski definition) is 2. The zero-order valence-electron chi connectivity index (χ0n) is 13.2. The van der Waals surface area contributed by atoms with Crippen molar-refractivity contribution in [3.05, 3.63) is 28.3 Å². The smallest absolute Gasteiger partial charge is 0.252 e. The molecular weight excluding hydrogens is 325 g/mol. The lowest BCUT2D eigenvalue weighted by Crippen LogP contribution is -2.52. The number of carbonyl (C=O) groups excluding carboxylic acids is 2. The van der Waals surface area contributed by atoms with Crippen LogP contribution in [-0.4, -0.2) is 37.2 Å². The highest BCUT2D eigenvalue weighted by atomic mass is 35.5. The van der Waals surface area contributed by atoms with Gasteiger partial charge in [-0.3, -0.25) is 9.59 Å². The highest BCUT2D eigenvalue weighted by molar-refractivity contribution is 6.34. The van der Waals surface area contributed by atoms with Gasteiger partial charge in [0.25, 0.3) is 5.91 Å². The van der Waals surface area contributed by atoms with Crippen LogP contribution in [0.3, 0.4) is 0 Å². The van der Waals surface area contributed by atoms with Crippen LogP contribution >= 0.6 is 11.6 Å². The molecule has 0 aliphatic rings. The topological polar surface area (TPSA) is 93.8 Å². The summed E-state index contributed by atoms with van der Waals surface area (Å²) in [6, 6.07) is 2.82. The summed E-state index contributed by atoms with van der Waals surface area (Å²) in [6.45, 7) is 2.00. The Morgan fingerprint density at radius 1 is 1.52 bits per heavy atom. The average Bonchev–Trinajstić information content (AvgIpc) is 2.54. The fourth-order valence-electron chi connectivity index (χ4n) is 1.81. The Balaban J connectivity index is 3.15. The quantitative estimate of drug-likeness (QED) is 0.451. The number of nitrogen functional groups attached to an aromatic ring is 1. The Kier molecular flexibility index (Phi) is 6.50. The van der Waals surface area contributed by atoms with Crippen molar-refractivity contribution < 1.29 is 18.8 Å². The molecule has 1 atom stereocenters. The van der Waals surface area contributed by atoms with Crippen molar-refractivity contribution in [1.82, 2.24) is 5.32 Å². The van der Waals surface area contributed by atoms with Crippen LogP contribution in [-0.2, 0) is 9.63 Å². The van der Waals surface area contributed by atoms with E-state index in [2.05, 4.69) is 15.3 Å². The largest absolute Gasteiger partial charge is 0.399 e. The third-order valence-corrected chi connectivity index (χ3v) is 3.87. The number of alkyl halides is 1. The van der Waals surface area contributed by atoms with Gasteiger partial charge >= 0.3 is 0 Å². The summed E-state index contributed by atoms with van der Waals surface area (Å²) in [7, 11) is 1.36. The number of oxime groups is 1. The van der Waals surface area contributed by atoms with Crippen LogP contribution in [0, 0.1) is 0 Å². The first kappa shape index (κ1) is 18.9. The van der Waals surface area contributed by atoms with Gasteiger partial charge in [0.15, 0.2) is 12.5 Å². The van der Waals surface area contributed by atoms with Gasteiger partial charge in [-0.15, -0.1) is 0 Å². The number of nitrogens with zero attached hydrogens (tertiary/aromatic N) is 1. The molecule has 0 radical (unpaired) electrons. The number of hydrogen-bond acceptors (Lipinski definition) is 5. The number of amides is 1. The molecule has 0 bridgehead atoms. The molecule has 0 spiro atoms. The first-order valence-corrected chi connectivity index (χ1v) is 7.24. The van der Waals surface area contributed by atoms with Crippen LogP contribution in [0.1, 0.15) is 36.2 Å². The van der Waals surface area contributed by atoms with Crippen molar-refractivity contribution in [2.24, 2.45) is 5.16 Å². The third kappa shape index (κ3) is 4.41. The highest BCUT2D eigenvalue weighted by Gasteiger charge is 2.33. The molecular formula is C15H19ClFN3O3. The second-order valence-electron chi connectivity index (χ2n) is 5.07. The Morgan fingerprint density at radius 3 is 2.70 bits per heavy atom.